The van der Waals surface area contributed by atoms with Gasteiger partial charge < -0.3 is 28.6 Å². The molecule has 0 bridgehead atoms. The average Bonchev–Trinajstić information content (AvgIpc) is 2.90. The molecule has 9 nitrogen and oxygen atoms in total. The molecule has 0 aliphatic carbocycles. The monoisotopic (exact) mass is 520 g/mol. The molecule has 0 unspecified atom stereocenters. The minimum absolute atomic E-state index is 0.0177. The number of hydrogen-bond acceptors (Lipinski definition) is 7. The van der Waals surface area contributed by atoms with Crippen molar-refractivity contribution in [1.82, 2.24) is 19.4 Å². The third-order valence-electron chi connectivity index (χ3n) is 7.02. The SMILES string of the molecule is CC(C)(C)OC(=O)N(Cc1ccc2c(c1)OCCO2)C1CCN(CCn2c(=O)ccc3ccncc32)CC1. The van der Waals surface area contributed by atoms with Crippen molar-refractivity contribution in [2.75, 3.05) is 32.8 Å². The van der Waals surface area contributed by atoms with E-state index in [0.29, 0.717) is 32.1 Å². The minimum Gasteiger partial charge on any atom is -0.486 e. The van der Waals surface area contributed by atoms with Gasteiger partial charge in [-0.1, -0.05) is 6.07 Å². The summed E-state index contributed by atoms with van der Waals surface area (Å²) >= 11 is 0. The Morgan fingerprint density at radius 2 is 1.82 bits per heavy atom. The molecule has 0 atom stereocenters. The number of pyridine rings is 2. The third-order valence-corrected chi connectivity index (χ3v) is 7.02. The number of amides is 1. The Labute approximate surface area is 222 Å². The lowest BCUT2D eigenvalue weighted by molar-refractivity contribution is 0.00562. The lowest BCUT2D eigenvalue weighted by atomic mass is 10.0. The van der Waals surface area contributed by atoms with Gasteiger partial charge in [0.1, 0.15) is 18.8 Å². The standard InChI is InChI=1S/C29H36N4O5/c1-29(2,3)38-28(35)33(20-21-4-6-25-26(18-21)37-17-16-36-25)23-9-12-31(13-10-23)14-15-32-24-19-30-11-8-22(24)5-7-27(32)34/h4-8,11,18-19,23H,9-10,12-17,20H2,1-3H3. The number of carbonyl (C=O) groups is 1. The lowest BCUT2D eigenvalue weighted by Gasteiger charge is -2.39. The fourth-order valence-corrected chi connectivity index (χ4v) is 5.11. The minimum atomic E-state index is -0.580. The molecular weight excluding hydrogens is 484 g/mol. The van der Waals surface area contributed by atoms with Gasteiger partial charge in [0.05, 0.1) is 11.7 Å². The maximum atomic E-state index is 13.3. The van der Waals surface area contributed by atoms with Gasteiger partial charge in [0.25, 0.3) is 5.56 Å². The number of piperidine rings is 1. The van der Waals surface area contributed by atoms with Crippen LogP contribution in [0.3, 0.4) is 0 Å². The molecule has 2 aliphatic rings. The van der Waals surface area contributed by atoms with Gasteiger partial charge >= 0.3 is 6.09 Å². The number of carbonyl (C=O) groups excluding carboxylic acids is 1. The van der Waals surface area contributed by atoms with Gasteiger partial charge in [-0.2, -0.15) is 0 Å². The van der Waals surface area contributed by atoms with E-state index in [2.05, 4.69) is 9.88 Å². The van der Waals surface area contributed by atoms with Crippen LogP contribution < -0.4 is 15.0 Å². The fourth-order valence-electron chi connectivity index (χ4n) is 5.11. The molecule has 1 aromatic carbocycles. The van der Waals surface area contributed by atoms with Crippen LogP contribution in [0.25, 0.3) is 10.9 Å². The summed E-state index contributed by atoms with van der Waals surface area (Å²) in [5.74, 6) is 1.45. The highest BCUT2D eigenvalue weighted by Crippen LogP contribution is 2.32. The van der Waals surface area contributed by atoms with Crippen LogP contribution in [-0.2, 0) is 17.8 Å². The average molecular weight is 521 g/mol. The van der Waals surface area contributed by atoms with E-state index in [4.69, 9.17) is 14.2 Å². The van der Waals surface area contributed by atoms with E-state index in [1.165, 1.54) is 0 Å². The number of hydrogen-bond donors (Lipinski definition) is 0. The molecule has 0 radical (unpaired) electrons. The topological polar surface area (TPSA) is 86.1 Å². The first-order valence-electron chi connectivity index (χ1n) is 13.3. The highest BCUT2D eigenvalue weighted by atomic mass is 16.6. The Morgan fingerprint density at radius 3 is 2.58 bits per heavy atom. The van der Waals surface area contributed by atoms with Crippen molar-refractivity contribution < 1.29 is 19.0 Å². The van der Waals surface area contributed by atoms with E-state index in [1.807, 2.05) is 56.0 Å². The highest BCUT2D eigenvalue weighted by Gasteiger charge is 2.31. The second kappa shape index (κ2) is 11.0. The van der Waals surface area contributed by atoms with Gasteiger partial charge in [0.2, 0.25) is 0 Å². The van der Waals surface area contributed by atoms with Crippen LogP contribution in [0.1, 0.15) is 39.2 Å². The predicted molar refractivity (Wildman–Crippen MR) is 145 cm³/mol. The van der Waals surface area contributed by atoms with Crippen LogP contribution in [0.15, 0.2) is 53.6 Å². The van der Waals surface area contributed by atoms with E-state index in [-0.39, 0.29) is 17.7 Å². The summed E-state index contributed by atoms with van der Waals surface area (Å²) in [6.45, 7) is 10.2. The molecule has 4 heterocycles. The molecule has 3 aromatic rings. The van der Waals surface area contributed by atoms with Crippen LogP contribution in [-0.4, -0.2) is 69.9 Å². The second-order valence-corrected chi connectivity index (χ2v) is 10.9. The second-order valence-electron chi connectivity index (χ2n) is 10.9. The number of ether oxygens (including phenoxy) is 3. The first-order valence-corrected chi connectivity index (χ1v) is 13.3. The first kappa shape index (κ1) is 26.0. The molecule has 2 aromatic heterocycles. The van der Waals surface area contributed by atoms with Gasteiger partial charge in [-0.3, -0.25) is 9.78 Å². The maximum absolute atomic E-state index is 13.3. The van der Waals surface area contributed by atoms with E-state index in [9.17, 15) is 9.59 Å². The number of aromatic nitrogens is 2. The van der Waals surface area contributed by atoms with Crippen molar-refractivity contribution >= 4 is 17.0 Å². The summed E-state index contributed by atoms with van der Waals surface area (Å²) < 4.78 is 19.0. The highest BCUT2D eigenvalue weighted by molar-refractivity contribution is 5.77. The van der Waals surface area contributed by atoms with Crippen molar-refractivity contribution in [1.29, 1.82) is 0 Å². The van der Waals surface area contributed by atoms with Crippen LogP contribution >= 0.6 is 0 Å². The Bertz CT molecular complexity index is 1340. The summed E-state index contributed by atoms with van der Waals surface area (Å²) in [6.07, 6.45) is 4.84. The van der Waals surface area contributed by atoms with Crippen LogP contribution in [0.5, 0.6) is 11.5 Å². The Balaban J connectivity index is 1.25. The van der Waals surface area contributed by atoms with Crippen LogP contribution in [0, 0.1) is 0 Å². The van der Waals surface area contributed by atoms with Crippen molar-refractivity contribution in [2.45, 2.75) is 58.3 Å². The molecule has 9 heteroatoms. The quantitative estimate of drug-likeness (QED) is 0.484. The Kier molecular flexibility index (Phi) is 7.56. The van der Waals surface area contributed by atoms with Crippen molar-refractivity contribution in [3.8, 4) is 11.5 Å². The zero-order chi connectivity index (χ0) is 26.7. The van der Waals surface area contributed by atoms with Gasteiger partial charge in [-0.15, -0.1) is 0 Å². The predicted octanol–water partition coefficient (Wildman–Crippen LogP) is 4.07. The molecule has 0 saturated carbocycles. The molecule has 0 spiro atoms. The number of fused-ring (bicyclic) bond motifs is 2. The zero-order valence-corrected chi connectivity index (χ0v) is 22.4. The number of rotatable bonds is 6. The lowest BCUT2D eigenvalue weighted by Crippen LogP contribution is -2.49. The van der Waals surface area contributed by atoms with Gasteiger partial charge in [0, 0.05) is 56.4 Å². The molecule has 1 fully saturated rings. The zero-order valence-electron chi connectivity index (χ0n) is 22.4. The van der Waals surface area contributed by atoms with Crippen LogP contribution in [0.4, 0.5) is 4.79 Å². The van der Waals surface area contributed by atoms with Crippen LogP contribution in [0.2, 0.25) is 0 Å². The van der Waals surface area contributed by atoms with E-state index >= 15 is 0 Å². The molecule has 1 saturated heterocycles. The molecular formula is C29H36N4O5. The molecule has 38 heavy (non-hydrogen) atoms. The Hall–Kier alpha value is -3.59. The third kappa shape index (κ3) is 6.10. The summed E-state index contributed by atoms with van der Waals surface area (Å²) in [7, 11) is 0. The smallest absolute Gasteiger partial charge is 0.410 e. The van der Waals surface area contributed by atoms with Crippen molar-refractivity contribution in [2.24, 2.45) is 0 Å². The number of nitrogens with zero attached hydrogens (tertiary/aromatic N) is 4. The summed E-state index contributed by atoms with van der Waals surface area (Å²) in [5, 5.41) is 1.01. The van der Waals surface area contributed by atoms with E-state index in [1.54, 1.807) is 23.0 Å². The molecule has 1 amide bonds. The number of benzene rings is 1. The van der Waals surface area contributed by atoms with Crippen molar-refractivity contribution in [3.05, 3.63) is 64.7 Å². The molecule has 202 valence electrons. The fraction of sp³-hybridized carbons (Fsp3) is 0.483. The summed E-state index contributed by atoms with van der Waals surface area (Å²) in [4.78, 5) is 34.3. The molecule has 5 rings (SSSR count). The van der Waals surface area contributed by atoms with Gasteiger partial charge in [-0.05, 0) is 63.4 Å². The van der Waals surface area contributed by atoms with E-state index < -0.39 is 5.60 Å². The van der Waals surface area contributed by atoms with Gasteiger partial charge in [-0.25, -0.2) is 4.79 Å². The summed E-state index contributed by atoms with van der Waals surface area (Å²) in [5.41, 5.74) is 1.23. The van der Waals surface area contributed by atoms with E-state index in [0.717, 1.165) is 54.7 Å². The maximum Gasteiger partial charge on any atom is 0.410 e. The summed E-state index contributed by atoms with van der Waals surface area (Å²) in [6, 6.07) is 11.3. The molecule has 0 N–H and O–H groups in total. The first-order chi connectivity index (χ1) is 18.3. The number of likely N-dealkylation sites (tertiary alicyclic amines) is 1. The Morgan fingerprint density at radius 1 is 1.05 bits per heavy atom. The normalized spacial score (nSPS) is 16.4. The largest absolute Gasteiger partial charge is 0.486 e. The van der Waals surface area contributed by atoms with Crippen molar-refractivity contribution in [3.63, 3.8) is 0 Å². The molecule has 2 aliphatic heterocycles. The van der Waals surface area contributed by atoms with Gasteiger partial charge in [0.15, 0.2) is 11.5 Å².